The number of benzene rings is 1. The molecule has 3 N–H and O–H groups in total. The van der Waals surface area contributed by atoms with Crippen molar-refractivity contribution >= 4 is 22.8 Å². The number of aromatic nitrogens is 3. The molecule has 1 aromatic carbocycles. The fourth-order valence-corrected chi connectivity index (χ4v) is 3.59. The number of rotatable bonds is 4. The van der Waals surface area contributed by atoms with Gasteiger partial charge < -0.3 is 11.1 Å². The molecular weight excluding hydrogens is 447 g/mol. The maximum absolute atomic E-state index is 12.9. The zero-order chi connectivity index (χ0) is 24.6. The van der Waals surface area contributed by atoms with Crippen LogP contribution in [0, 0.1) is 6.92 Å². The van der Waals surface area contributed by atoms with Gasteiger partial charge in [0.2, 0.25) is 0 Å². The minimum atomic E-state index is -4.49. The third-order valence-electron chi connectivity index (χ3n) is 5.36. The predicted molar refractivity (Wildman–Crippen MR) is 122 cm³/mol. The van der Waals surface area contributed by atoms with Gasteiger partial charge in [0.15, 0.2) is 0 Å². The van der Waals surface area contributed by atoms with Crippen molar-refractivity contribution in [1.29, 1.82) is 0 Å². The van der Waals surface area contributed by atoms with Crippen molar-refractivity contribution in [2.75, 3.05) is 5.73 Å². The summed E-state index contributed by atoms with van der Waals surface area (Å²) < 4.78 is 40.0. The minimum Gasteiger partial charge on any atom is -0.384 e. The van der Waals surface area contributed by atoms with Crippen molar-refractivity contribution in [1.82, 2.24) is 19.9 Å². The lowest BCUT2D eigenvalue weighted by molar-refractivity contribution is -0.137. The van der Waals surface area contributed by atoms with E-state index in [1.54, 1.807) is 38.1 Å². The predicted octanol–water partition coefficient (Wildman–Crippen LogP) is 4.18. The van der Waals surface area contributed by atoms with Crippen LogP contribution >= 0.6 is 0 Å². The monoisotopic (exact) mass is 467 g/mol. The second-order valence-corrected chi connectivity index (χ2v) is 7.82. The summed E-state index contributed by atoms with van der Waals surface area (Å²) in [5.74, 6) is -0.0689. The number of nitrogen functional groups attached to an aromatic ring is 1. The van der Waals surface area contributed by atoms with E-state index in [1.165, 1.54) is 29.0 Å². The van der Waals surface area contributed by atoms with Gasteiger partial charge in [0.1, 0.15) is 11.5 Å². The van der Waals surface area contributed by atoms with Crippen LogP contribution in [-0.2, 0) is 6.18 Å². The molecule has 0 aliphatic carbocycles. The van der Waals surface area contributed by atoms with Crippen molar-refractivity contribution < 1.29 is 18.0 Å². The number of anilines is 1. The maximum Gasteiger partial charge on any atom is 0.416 e. The Balaban J connectivity index is 1.71. The Labute approximate surface area is 192 Å². The third-order valence-corrected chi connectivity index (χ3v) is 5.36. The minimum absolute atomic E-state index is 0.229. The van der Waals surface area contributed by atoms with Gasteiger partial charge in [-0.2, -0.15) is 13.2 Å². The van der Waals surface area contributed by atoms with Gasteiger partial charge in [-0.1, -0.05) is 6.07 Å². The van der Waals surface area contributed by atoms with Gasteiger partial charge in [0.05, 0.1) is 28.6 Å². The maximum atomic E-state index is 12.9. The Morgan fingerprint density at radius 2 is 1.82 bits per heavy atom. The van der Waals surface area contributed by atoms with Crippen molar-refractivity contribution in [2.24, 2.45) is 0 Å². The SMILES string of the molecule is Cc1cc(=O)n(-c2ccc(C(F)(F)F)cc2)c2ncc(C(=O)N[C@@H](C)c3cccc(N)n3)cc12. The normalized spacial score (nSPS) is 12.5. The molecule has 0 fully saturated rings. The van der Waals surface area contributed by atoms with Gasteiger partial charge in [-0.3, -0.25) is 14.2 Å². The van der Waals surface area contributed by atoms with Crippen LogP contribution in [0.1, 0.15) is 40.1 Å². The first-order valence-corrected chi connectivity index (χ1v) is 10.3. The number of alkyl halides is 3. The summed E-state index contributed by atoms with van der Waals surface area (Å²) in [5.41, 5.74) is 6.32. The second kappa shape index (κ2) is 8.62. The van der Waals surface area contributed by atoms with E-state index >= 15 is 0 Å². The van der Waals surface area contributed by atoms with Gasteiger partial charge >= 0.3 is 6.18 Å². The van der Waals surface area contributed by atoms with Gasteiger partial charge in [0.25, 0.3) is 11.5 Å². The Morgan fingerprint density at radius 1 is 1.12 bits per heavy atom. The van der Waals surface area contributed by atoms with Gasteiger partial charge in [0, 0.05) is 17.6 Å². The number of amides is 1. The molecule has 34 heavy (non-hydrogen) atoms. The molecule has 0 unspecified atom stereocenters. The molecule has 4 aromatic rings. The summed E-state index contributed by atoms with van der Waals surface area (Å²) >= 11 is 0. The number of halogens is 3. The first-order chi connectivity index (χ1) is 16.0. The molecule has 10 heteroatoms. The van der Waals surface area contributed by atoms with E-state index in [1.807, 2.05) is 0 Å². The zero-order valence-corrected chi connectivity index (χ0v) is 18.2. The Bertz CT molecular complexity index is 1450. The summed E-state index contributed by atoms with van der Waals surface area (Å²) in [6.45, 7) is 3.46. The van der Waals surface area contributed by atoms with Crippen molar-refractivity contribution in [3.05, 3.63) is 93.5 Å². The summed E-state index contributed by atoms with van der Waals surface area (Å²) in [7, 11) is 0. The van der Waals surface area contributed by atoms with E-state index in [0.717, 1.165) is 12.1 Å². The average Bonchev–Trinajstić information content (AvgIpc) is 2.78. The number of hydrogen-bond acceptors (Lipinski definition) is 5. The van der Waals surface area contributed by atoms with Crippen LogP contribution in [-0.4, -0.2) is 20.4 Å². The summed E-state index contributed by atoms with van der Waals surface area (Å²) in [4.78, 5) is 34.0. The highest BCUT2D eigenvalue weighted by atomic mass is 19.4. The topological polar surface area (TPSA) is 103 Å². The van der Waals surface area contributed by atoms with Crippen LogP contribution in [0.2, 0.25) is 0 Å². The largest absolute Gasteiger partial charge is 0.416 e. The highest BCUT2D eigenvalue weighted by Gasteiger charge is 2.30. The molecule has 0 saturated heterocycles. The Morgan fingerprint density at radius 3 is 2.47 bits per heavy atom. The lowest BCUT2D eigenvalue weighted by atomic mass is 10.1. The molecule has 1 atom stereocenters. The lowest BCUT2D eigenvalue weighted by Gasteiger charge is -2.15. The fourth-order valence-electron chi connectivity index (χ4n) is 3.59. The highest BCUT2D eigenvalue weighted by Crippen LogP contribution is 2.30. The van der Waals surface area contributed by atoms with E-state index < -0.39 is 29.2 Å². The molecule has 0 saturated carbocycles. The van der Waals surface area contributed by atoms with Crippen LogP contribution in [0.3, 0.4) is 0 Å². The second-order valence-electron chi connectivity index (χ2n) is 7.82. The standard InChI is InChI=1S/C24H20F3N5O2/c1-13-10-21(33)32(17-8-6-16(7-9-17)24(25,26)27)22-18(13)11-15(12-29-22)23(34)30-14(2)19-4-3-5-20(28)31-19/h3-12,14H,1-2H3,(H2,28,31)(H,30,34)/t14-/m0/s1. The van der Waals surface area contributed by atoms with Crippen molar-refractivity contribution in [3.63, 3.8) is 0 Å². The zero-order valence-electron chi connectivity index (χ0n) is 18.2. The molecule has 4 rings (SSSR count). The Hall–Kier alpha value is -4.21. The smallest absolute Gasteiger partial charge is 0.384 e. The number of nitrogens with two attached hydrogens (primary N) is 1. The van der Waals surface area contributed by atoms with E-state index in [0.29, 0.717) is 22.5 Å². The summed E-state index contributed by atoms with van der Waals surface area (Å²) in [6, 6.07) is 11.9. The van der Waals surface area contributed by atoms with E-state index in [9.17, 15) is 22.8 Å². The molecule has 0 spiro atoms. The molecule has 0 aliphatic heterocycles. The molecule has 3 aromatic heterocycles. The van der Waals surface area contributed by atoms with Gasteiger partial charge in [-0.15, -0.1) is 0 Å². The molecule has 7 nitrogen and oxygen atoms in total. The third kappa shape index (κ3) is 4.47. The average molecular weight is 467 g/mol. The van der Waals surface area contributed by atoms with E-state index in [2.05, 4.69) is 15.3 Å². The molecule has 0 aliphatic rings. The number of hydrogen-bond donors (Lipinski definition) is 2. The molecule has 3 heterocycles. The number of fused-ring (bicyclic) bond motifs is 1. The van der Waals surface area contributed by atoms with Crippen LogP contribution < -0.4 is 16.6 Å². The number of aryl methyl sites for hydroxylation is 1. The quantitative estimate of drug-likeness (QED) is 0.469. The number of carbonyl (C=O) groups is 1. The molecule has 1 amide bonds. The van der Waals surface area contributed by atoms with Gasteiger partial charge in [-0.05, 0) is 61.9 Å². The van der Waals surface area contributed by atoms with Crippen LogP contribution in [0.5, 0.6) is 0 Å². The molecule has 0 radical (unpaired) electrons. The number of nitrogens with zero attached hydrogens (tertiary/aromatic N) is 3. The number of pyridine rings is 3. The van der Waals surface area contributed by atoms with Crippen LogP contribution in [0.25, 0.3) is 16.7 Å². The molecular formula is C24H20F3N5O2. The molecule has 0 bridgehead atoms. The molecule has 174 valence electrons. The van der Waals surface area contributed by atoms with Gasteiger partial charge in [-0.25, -0.2) is 9.97 Å². The lowest BCUT2D eigenvalue weighted by Crippen LogP contribution is -2.27. The first kappa shape index (κ1) is 23.0. The fraction of sp³-hybridized carbons (Fsp3) is 0.167. The number of nitrogens with one attached hydrogen (secondary N) is 1. The van der Waals surface area contributed by atoms with Crippen molar-refractivity contribution in [2.45, 2.75) is 26.1 Å². The Kier molecular flexibility index (Phi) is 5.82. The van der Waals surface area contributed by atoms with E-state index in [4.69, 9.17) is 5.73 Å². The van der Waals surface area contributed by atoms with Crippen LogP contribution in [0.15, 0.2) is 65.6 Å². The van der Waals surface area contributed by atoms with E-state index in [-0.39, 0.29) is 16.9 Å². The summed E-state index contributed by atoms with van der Waals surface area (Å²) in [6.07, 6.45) is -3.17. The number of carbonyl (C=O) groups excluding carboxylic acids is 1. The van der Waals surface area contributed by atoms with Crippen molar-refractivity contribution in [3.8, 4) is 5.69 Å². The highest BCUT2D eigenvalue weighted by molar-refractivity contribution is 5.97. The first-order valence-electron chi connectivity index (χ1n) is 10.3. The van der Waals surface area contributed by atoms with Crippen LogP contribution in [0.4, 0.5) is 19.0 Å². The summed E-state index contributed by atoms with van der Waals surface area (Å²) in [5, 5.41) is 3.35.